The third kappa shape index (κ3) is 3.98. The van der Waals surface area contributed by atoms with E-state index in [-0.39, 0.29) is 5.82 Å². The topological polar surface area (TPSA) is 3.24 Å². The van der Waals surface area contributed by atoms with Crippen molar-refractivity contribution in [3.05, 3.63) is 29.6 Å². The summed E-state index contributed by atoms with van der Waals surface area (Å²) in [6.07, 6.45) is 2.38. The van der Waals surface area contributed by atoms with E-state index in [0.29, 0.717) is 11.2 Å². The summed E-state index contributed by atoms with van der Waals surface area (Å²) in [6.45, 7) is 8.64. The predicted molar refractivity (Wildman–Crippen MR) is 81.0 cm³/mol. The molecule has 0 aliphatic heterocycles. The molecule has 0 atom stereocenters. The molecule has 3 heteroatoms. The molecule has 0 fully saturated rings. The lowest BCUT2D eigenvalue weighted by molar-refractivity contribution is 0.485. The molecule has 1 rings (SSSR count). The average Bonchev–Trinajstić information content (AvgIpc) is 2.41. The first-order valence-electron chi connectivity index (χ1n) is 6.75. The van der Waals surface area contributed by atoms with Gasteiger partial charge in [0.05, 0.1) is 0 Å². The van der Waals surface area contributed by atoms with E-state index in [9.17, 15) is 4.39 Å². The van der Waals surface area contributed by atoms with Crippen molar-refractivity contribution < 1.29 is 4.39 Å². The van der Waals surface area contributed by atoms with Gasteiger partial charge in [0.2, 0.25) is 0 Å². The average molecular weight is 316 g/mol. The zero-order chi connectivity index (χ0) is 13.5. The Kier molecular flexibility index (Phi) is 6.69. The first kappa shape index (κ1) is 15.5. The van der Waals surface area contributed by atoms with Gasteiger partial charge in [0, 0.05) is 24.1 Å². The number of nitrogens with zero attached hydrogens (tertiary/aromatic N) is 1. The minimum atomic E-state index is -0.160. The van der Waals surface area contributed by atoms with Gasteiger partial charge >= 0.3 is 0 Å². The first-order chi connectivity index (χ1) is 8.65. The molecule has 0 saturated heterocycles. The number of halogens is 2. The van der Waals surface area contributed by atoms with Crippen molar-refractivity contribution in [2.75, 3.05) is 18.0 Å². The number of hydrogen-bond acceptors (Lipinski definition) is 1. The predicted octanol–water partition coefficient (Wildman–Crippen LogP) is 4.98. The van der Waals surface area contributed by atoms with Gasteiger partial charge in [-0.15, -0.1) is 0 Å². The molecule has 0 saturated carbocycles. The lowest BCUT2D eigenvalue weighted by atomic mass is 10.0. The maximum atomic E-state index is 13.3. The second kappa shape index (κ2) is 7.78. The third-order valence-corrected chi connectivity index (χ3v) is 4.15. The minimum Gasteiger partial charge on any atom is -0.371 e. The van der Waals surface area contributed by atoms with Crippen LogP contribution < -0.4 is 4.90 Å². The molecule has 0 aliphatic rings. The van der Waals surface area contributed by atoms with E-state index in [0.717, 1.165) is 24.3 Å². The summed E-state index contributed by atoms with van der Waals surface area (Å²) in [6, 6.07) is 5.08. The molecule has 0 heterocycles. The van der Waals surface area contributed by atoms with Crippen molar-refractivity contribution in [2.45, 2.75) is 38.9 Å². The molecule has 1 nitrogen and oxygen atoms in total. The number of anilines is 1. The van der Waals surface area contributed by atoms with Crippen molar-refractivity contribution in [1.29, 1.82) is 0 Å². The molecule has 0 aliphatic carbocycles. The highest BCUT2D eigenvalue weighted by atomic mass is 79.9. The molecule has 0 amide bonds. The molecular weight excluding hydrogens is 293 g/mol. The Morgan fingerprint density at radius 2 is 1.89 bits per heavy atom. The summed E-state index contributed by atoms with van der Waals surface area (Å²) in [5, 5.41) is 0.694. The quantitative estimate of drug-likeness (QED) is 0.641. The van der Waals surface area contributed by atoms with Gasteiger partial charge < -0.3 is 4.90 Å². The van der Waals surface area contributed by atoms with E-state index in [4.69, 9.17) is 0 Å². The highest BCUT2D eigenvalue weighted by Gasteiger charge is 2.14. The molecule has 0 spiro atoms. The Bertz CT molecular complexity index is 364. The van der Waals surface area contributed by atoms with Crippen LogP contribution in [-0.4, -0.2) is 13.1 Å². The zero-order valence-corrected chi connectivity index (χ0v) is 13.1. The Hall–Kier alpha value is -0.570. The lowest BCUT2D eigenvalue weighted by Gasteiger charge is -2.29. The van der Waals surface area contributed by atoms with Gasteiger partial charge in [-0.1, -0.05) is 42.6 Å². The van der Waals surface area contributed by atoms with Gasteiger partial charge in [0.25, 0.3) is 0 Å². The molecule has 0 aromatic heterocycles. The fourth-order valence-electron chi connectivity index (χ4n) is 2.23. The summed E-state index contributed by atoms with van der Waals surface area (Å²) < 4.78 is 13.3. The molecule has 0 unspecified atom stereocenters. The number of benzene rings is 1. The number of rotatable bonds is 7. The maximum Gasteiger partial charge on any atom is 0.123 e. The van der Waals surface area contributed by atoms with E-state index in [1.54, 1.807) is 12.1 Å². The highest BCUT2D eigenvalue weighted by molar-refractivity contribution is 9.08. The lowest BCUT2D eigenvalue weighted by Crippen LogP contribution is -2.29. The van der Waals surface area contributed by atoms with E-state index < -0.39 is 0 Å². The number of alkyl halides is 1. The van der Waals surface area contributed by atoms with Crippen molar-refractivity contribution in [1.82, 2.24) is 0 Å². The van der Waals surface area contributed by atoms with Crippen LogP contribution in [0.1, 0.15) is 39.2 Å². The molecular formula is C15H23BrFN. The molecule has 0 N–H and O–H groups in total. The number of hydrogen-bond donors (Lipinski definition) is 0. The Balaban J connectivity index is 2.93. The molecule has 0 radical (unpaired) electrons. The van der Waals surface area contributed by atoms with E-state index in [2.05, 4.69) is 41.6 Å². The van der Waals surface area contributed by atoms with Gasteiger partial charge in [0.1, 0.15) is 5.82 Å². The molecule has 18 heavy (non-hydrogen) atoms. The molecule has 1 aromatic rings. The Morgan fingerprint density at radius 3 is 2.39 bits per heavy atom. The second-order valence-electron chi connectivity index (χ2n) is 4.63. The minimum absolute atomic E-state index is 0.160. The Morgan fingerprint density at radius 1 is 1.22 bits per heavy atom. The van der Waals surface area contributed by atoms with Gasteiger partial charge in [0.15, 0.2) is 0 Å². The zero-order valence-electron chi connectivity index (χ0n) is 11.5. The van der Waals surface area contributed by atoms with Crippen molar-refractivity contribution in [3.8, 4) is 0 Å². The first-order valence-corrected chi connectivity index (χ1v) is 7.87. The Labute approximate surface area is 119 Å². The van der Waals surface area contributed by atoms with Gasteiger partial charge in [-0.25, -0.2) is 4.39 Å². The summed E-state index contributed by atoms with van der Waals surface area (Å²) in [5.74, 6) is 0.546. The van der Waals surface area contributed by atoms with Gasteiger partial charge in [-0.3, -0.25) is 0 Å². The van der Waals surface area contributed by atoms with Crippen LogP contribution in [0.5, 0.6) is 0 Å². The third-order valence-electron chi connectivity index (χ3n) is 3.54. The van der Waals surface area contributed by atoms with E-state index in [1.165, 1.54) is 12.8 Å². The maximum absolute atomic E-state index is 13.3. The summed E-state index contributed by atoms with van der Waals surface area (Å²) >= 11 is 3.45. The summed E-state index contributed by atoms with van der Waals surface area (Å²) in [7, 11) is 0. The summed E-state index contributed by atoms with van der Waals surface area (Å²) in [4.78, 5) is 2.35. The largest absolute Gasteiger partial charge is 0.371 e. The van der Waals surface area contributed by atoms with Crippen LogP contribution >= 0.6 is 15.9 Å². The van der Waals surface area contributed by atoms with Crippen molar-refractivity contribution in [3.63, 3.8) is 0 Å². The highest BCUT2D eigenvalue weighted by Crippen LogP contribution is 2.25. The standard InChI is InChI=1S/C15H23BrFN/c1-4-12(5-2)11-18(6-3)15-8-7-14(17)9-13(15)10-16/h7-9,12H,4-6,10-11H2,1-3H3. The van der Waals surface area contributed by atoms with Crippen molar-refractivity contribution in [2.24, 2.45) is 5.92 Å². The SMILES string of the molecule is CCC(CC)CN(CC)c1ccc(F)cc1CBr. The normalized spacial score (nSPS) is 11.0. The van der Waals surface area contributed by atoms with Crippen LogP contribution in [0.15, 0.2) is 18.2 Å². The molecule has 0 bridgehead atoms. The summed E-state index contributed by atoms with van der Waals surface area (Å²) in [5.41, 5.74) is 2.19. The smallest absolute Gasteiger partial charge is 0.123 e. The van der Waals surface area contributed by atoms with Crippen LogP contribution in [-0.2, 0) is 5.33 Å². The van der Waals surface area contributed by atoms with Crippen LogP contribution in [0.25, 0.3) is 0 Å². The van der Waals surface area contributed by atoms with Crippen LogP contribution in [0.4, 0.5) is 10.1 Å². The fraction of sp³-hybridized carbons (Fsp3) is 0.600. The van der Waals surface area contributed by atoms with Crippen LogP contribution in [0.3, 0.4) is 0 Å². The molecule has 1 aromatic carbocycles. The van der Waals surface area contributed by atoms with Gasteiger partial charge in [-0.2, -0.15) is 0 Å². The van der Waals surface area contributed by atoms with Gasteiger partial charge in [-0.05, 0) is 36.6 Å². The monoisotopic (exact) mass is 315 g/mol. The van der Waals surface area contributed by atoms with Crippen LogP contribution in [0.2, 0.25) is 0 Å². The van der Waals surface area contributed by atoms with Crippen LogP contribution in [0, 0.1) is 11.7 Å². The van der Waals surface area contributed by atoms with E-state index >= 15 is 0 Å². The second-order valence-corrected chi connectivity index (χ2v) is 5.19. The van der Waals surface area contributed by atoms with Crippen molar-refractivity contribution >= 4 is 21.6 Å². The van der Waals surface area contributed by atoms with E-state index in [1.807, 2.05) is 6.07 Å². The fourth-order valence-corrected chi connectivity index (χ4v) is 2.68. The molecule has 102 valence electrons.